The number of carbonyl (C=O) groups is 2. The van der Waals surface area contributed by atoms with E-state index < -0.39 is 6.03 Å². The average Bonchev–Trinajstić information content (AvgIpc) is 2.99. The van der Waals surface area contributed by atoms with Crippen LogP contribution in [0.2, 0.25) is 0 Å². The lowest BCUT2D eigenvalue weighted by Gasteiger charge is -2.26. The first-order chi connectivity index (χ1) is 7.54. The number of likely N-dealkylation sites (N-methyl/N-ethyl adjacent to an activating group) is 1. The topological polar surface area (TPSA) is 101 Å². The Labute approximate surface area is 95.3 Å². The molecule has 0 spiro atoms. The minimum absolute atomic E-state index is 0.267. The Hall–Kier alpha value is -1.14. The normalized spacial score (nSPS) is 17.2. The summed E-state index contributed by atoms with van der Waals surface area (Å²) in [7, 11) is 1.95. The zero-order chi connectivity index (χ0) is 12.1. The Bertz CT molecular complexity index is 266. The van der Waals surface area contributed by atoms with E-state index in [1.807, 2.05) is 12.4 Å². The van der Waals surface area contributed by atoms with Gasteiger partial charge in [0.1, 0.15) is 0 Å². The largest absolute Gasteiger partial charge is 0.351 e. The molecule has 1 saturated carbocycles. The van der Waals surface area contributed by atoms with Crippen molar-refractivity contribution < 1.29 is 9.59 Å². The number of hydrogen-bond donors (Lipinski definition) is 3. The van der Waals surface area contributed by atoms with Crippen molar-refractivity contribution in [3.63, 3.8) is 0 Å². The van der Waals surface area contributed by atoms with Gasteiger partial charge in [-0.1, -0.05) is 0 Å². The van der Waals surface area contributed by atoms with Gasteiger partial charge in [-0.25, -0.2) is 4.79 Å². The van der Waals surface area contributed by atoms with E-state index in [0.717, 1.165) is 0 Å². The second kappa shape index (κ2) is 5.81. The van der Waals surface area contributed by atoms with Crippen LogP contribution in [0.3, 0.4) is 0 Å². The smallest absolute Gasteiger partial charge is 0.318 e. The van der Waals surface area contributed by atoms with E-state index in [-0.39, 0.29) is 12.3 Å². The molecule has 0 aromatic rings. The molecule has 1 rings (SSSR count). The SMILES string of the molecule is CN(CCC(=O)NC(N)=O)C(CN)C1CC1. The van der Waals surface area contributed by atoms with Crippen molar-refractivity contribution in [2.45, 2.75) is 25.3 Å². The molecule has 16 heavy (non-hydrogen) atoms. The number of nitrogens with two attached hydrogens (primary N) is 2. The molecule has 1 atom stereocenters. The molecule has 0 aromatic heterocycles. The molecule has 1 aliphatic carbocycles. The van der Waals surface area contributed by atoms with Gasteiger partial charge >= 0.3 is 6.03 Å². The van der Waals surface area contributed by atoms with Crippen molar-refractivity contribution >= 4 is 11.9 Å². The summed E-state index contributed by atoms with van der Waals surface area (Å²) >= 11 is 0. The fraction of sp³-hybridized carbons (Fsp3) is 0.800. The lowest BCUT2D eigenvalue weighted by atomic mass is 10.1. The van der Waals surface area contributed by atoms with Gasteiger partial charge in [-0.05, 0) is 25.8 Å². The van der Waals surface area contributed by atoms with Crippen molar-refractivity contribution in [2.75, 3.05) is 20.1 Å². The highest BCUT2D eigenvalue weighted by Crippen LogP contribution is 2.34. The Morgan fingerprint density at radius 3 is 2.56 bits per heavy atom. The summed E-state index contributed by atoms with van der Waals surface area (Å²) in [5.74, 6) is 0.333. The van der Waals surface area contributed by atoms with Crippen molar-refractivity contribution in [1.29, 1.82) is 0 Å². The zero-order valence-corrected chi connectivity index (χ0v) is 9.61. The van der Waals surface area contributed by atoms with Gasteiger partial charge in [-0.3, -0.25) is 10.1 Å². The molecule has 0 aromatic carbocycles. The second-order valence-electron chi connectivity index (χ2n) is 4.28. The lowest BCUT2D eigenvalue weighted by Crippen LogP contribution is -2.42. The summed E-state index contributed by atoms with van der Waals surface area (Å²) < 4.78 is 0. The van der Waals surface area contributed by atoms with Crippen LogP contribution >= 0.6 is 0 Å². The van der Waals surface area contributed by atoms with Gasteiger partial charge in [0.15, 0.2) is 0 Å². The quantitative estimate of drug-likeness (QED) is 0.556. The highest BCUT2D eigenvalue weighted by Gasteiger charge is 2.32. The van der Waals surface area contributed by atoms with Gasteiger partial charge in [-0.15, -0.1) is 0 Å². The molecule has 92 valence electrons. The van der Waals surface area contributed by atoms with Gasteiger partial charge in [-0.2, -0.15) is 0 Å². The minimum atomic E-state index is -0.801. The molecular weight excluding hydrogens is 208 g/mol. The molecule has 0 heterocycles. The monoisotopic (exact) mass is 228 g/mol. The van der Waals surface area contributed by atoms with Crippen LogP contribution in [0, 0.1) is 5.92 Å². The second-order valence-corrected chi connectivity index (χ2v) is 4.28. The van der Waals surface area contributed by atoms with Crippen LogP contribution in [0.15, 0.2) is 0 Å². The summed E-state index contributed by atoms with van der Waals surface area (Å²) in [6.07, 6.45) is 2.71. The van der Waals surface area contributed by atoms with Gasteiger partial charge in [0.25, 0.3) is 0 Å². The van der Waals surface area contributed by atoms with E-state index in [2.05, 4.69) is 4.90 Å². The fourth-order valence-corrected chi connectivity index (χ4v) is 1.86. The summed E-state index contributed by atoms with van der Waals surface area (Å²) in [6, 6.07) is -0.452. The van der Waals surface area contributed by atoms with Crippen LogP contribution in [0.5, 0.6) is 0 Å². The van der Waals surface area contributed by atoms with Crippen LogP contribution in [0.1, 0.15) is 19.3 Å². The van der Waals surface area contributed by atoms with E-state index >= 15 is 0 Å². The Morgan fingerprint density at radius 2 is 2.12 bits per heavy atom. The summed E-state index contributed by atoms with van der Waals surface area (Å²) in [6.45, 7) is 1.20. The van der Waals surface area contributed by atoms with Crippen molar-refractivity contribution in [3.8, 4) is 0 Å². The highest BCUT2D eigenvalue weighted by molar-refractivity contribution is 5.93. The summed E-state index contributed by atoms with van der Waals surface area (Å²) in [5, 5.41) is 2.04. The Morgan fingerprint density at radius 1 is 1.50 bits per heavy atom. The molecule has 3 amide bonds. The first-order valence-electron chi connectivity index (χ1n) is 5.54. The molecule has 0 saturated heterocycles. The number of nitrogens with zero attached hydrogens (tertiary/aromatic N) is 1. The maximum absolute atomic E-state index is 11.2. The number of nitrogens with one attached hydrogen (secondary N) is 1. The first-order valence-corrected chi connectivity index (χ1v) is 5.54. The third kappa shape index (κ3) is 4.16. The molecule has 1 fully saturated rings. The lowest BCUT2D eigenvalue weighted by molar-refractivity contribution is -0.120. The molecule has 6 nitrogen and oxygen atoms in total. The maximum Gasteiger partial charge on any atom is 0.318 e. The predicted octanol–water partition coefficient (Wildman–Crippen LogP) is -0.759. The summed E-state index contributed by atoms with van der Waals surface area (Å²) in [5.41, 5.74) is 10.5. The van der Waals surface area contributed by atoms with Crippen LogP contribution in [-0.4, -0.2) is 43.0 Å². The standard InChI is InChI=1S/C10H20N4O2/c1-14(8(6-11)7-2-3-7)5-4-9(15)13-10(12)16/h7-8H,2-6,11H2,1H3,(H3,12,13,15,16). The third-order valence-electron chi connectivity index (χ3n) is 2.93. The van der Waals surface area contributed by atoms with Crippen molar-refractivity contribution in [3.05, 3.63) is 0 Å². The minimum Gasteiger partial charge on any atom is -0.351 e. The third-order valence-corrected chi connectivity index (χ3v) is 2.93. The number of carbonyl (C=O) groups excluding carboxylic acids is 2. The molecule has 6 heteroatoms. The summed E-state index contributed by atoms with van der Waals surface area (Å²) in [4.78, 5) is 23.7. The number of amides is 3. The van der Waals surface area contributed by atoms with E-state index in [1.54, 1.807) is 0 Å². The van der Waals surface area contributed by atoms with E-state index in [1.165, 1.54) is 12.8 Å². The molecular formula is C10H20N4O2. The zero-order valence-electron chi connectivity index (χ0n) is 9.61. The molecule has 1 aliphatic rings. The highest BCUT2D eigenvalue weighted by atomic mass is 16.2. The molecule has 1 unspecified atom stereocenters. The molecule has 0 bridgehead atoms. The number of rotatable bonds is 6. The van der Waals surface area contributed by atoms with Gasteiger partial charge in [0.2, 0.25) is 5.91 Å². The average molecular weight is 228 g/mol. The molecule has 0 aliphatic heterocycles. The van der Waals surface area contributed by atoms with Crippen LogP contribution in [-0.2, 0) is 4.79 Å². The van der Waals surface area contributed by atoms with E-state index in [4.69, 9.17) is 11.5 Å². The van der Waals surface area contributed by atoms with Crippen LogP contribution in [0.25, 0.3) is 0 Å². The van der Waals surface area contributed by atoms with Crippen LogP contribution < -0.4 is 16.8 Å². The number of imide groups is 1. The van der Waals surface area contributed by atoms with Gasteiger partial charge in [0.05, 0.1) is 0 Å². The van der Waals surface area contributed by atoms with E-state index in [0.29, 0.717) is 25.0 Å². The Balaban J connectivity index is 2.25. The maximum atomic E-state index is 11.2. The first kappa shape index (κ1) is 12.9. The predicted molar refractivity (Wildman–Crippen MR) is 60.5 cm³/mol. The van der Waals surface area contributed by atoms with Crippen LogP contribution in [0.4, 0.5) is 4.79 Å². The fourth-order valence-electron chi connectivity index (χ4n) is 1.86. The van der Waals surface area contributed by atoms with E-state index in [9.17, 15) is 9.59 Å². The van der Waals surface area contributed by atoms with Gasteiger partial charge in [0, 0.05) is 25.6 Å². The van der Waals surface area contributed by atoms with Gasteiger partial charge < -0.3 is 16.4 Å². The van der Waals surface area contributed by atoms with Crippen molar-refractivity contribution in [2.24, 2.45) is 17.4 Å². The number of hydrogen-bond acceptors (Lipinski definition) is 4. The molecule has 0 radical (unpaired) electrons. The Kier molecular flexibility index (Phi) is 4.70. The number of urea groups is 1. The van der Waals surface area contributed by atoms with Crippen molar-refractivity contribution in [1.82, 2.24) is 10.2 Å². The molecule has 5 N–H and O–H groups in total. The number of primary amides is 1.